The summed E-state index contributed by atoms with van der Waals surface area (Å²) in [5.41, 5.74) is 1.17. The van der Waals surface area contributed by atoms with Crippen molar-refractivity contribution in [3.05, 3.63) is 60.1 Å². The molecule has 0 amide bonds. The Balaban J connectivity index is 2.17. The predicted molar refractivity (Wildman–Crippen MR) is 69.8 cm³/mol. The molecule has 0 bridgehead atoms. The van der Waals surface area contributed by atoms with Crippen LogP contribution in [0.2, 0.25) is 0 Å². The molecule has 3 heteroatoms. The SMILES string of the molecule is C[NH+](C)[C@H](Cc1ccccc1)C(=O)c1ccco1. The molecule has 94 valence electrons. The highest BCUT2D eigenvalue weighted by Crippen LogP contribution is 2.08. The van der Waals surface area contributed by atoms with Crippen molar-refractivity contribution in [3.8, 4) is 0 Å². The van der Waals surface area contributed by atoms with Crippen LogP contribution in [0.5, 0.6) is 0 Å². The number of Topliss-reactive ketones (excluding diaryl/α,β-unsaturated/α-hetero) is 1. The molecule has 3 nitrogen and oxygen atoms in total. The fourth-order valence-corrected chi connectivity index (χ4v) is 2.00. The predicted octanol–water partition coefficient (Wildman–Crippen LogP) is 1.22. The van der Waals surface area contributed by atoms with E-state index >= 15 is 0 Å². The molecule has 0 spiro atoms. The Morgan fingerprint density at radius 2 is 1.89 bits per heavy atom. The van der Waals surface area contributed by atoms with Gasteiger partial charge in [-0.1, -0.05) is 30.3 Å². The monoisotopic (exact) mass is 244 g/mol. The molecule has 2 rings (SSSR count). The van der Waals surface area contributed by atoms with Crippen LogP contribution < -0.4 is 4.90 Å². The van der Waals surface area contributed by atoms with Gasteiger partial charge >= 0.3 is 0 Å². The summed E-state index contributed by atoms with van der Waals surface area (Å²) >= 11 is 0. The van der Waals surface area contributed by atoms with E-state index in [0.29, 0.717) is 5.76 Å². The Morgan fingerprint density at radius 3 is 2.44 bits per heavy atom. The van der Waals surface area contributed by atoms with E-state index in [1.54, 1.807) is 12.1 Å². The summed E-state index contributed by atoms with van der Waals surface area (Å²) in [6.07, 6.45) is 2.26. The van der Waals surface area contributed by atoms with E-state index in [9.17, 15) is 4.79 Å². The molecule has 1 aromatic carbocycles. The van der Waals surface area contributed by atoms with Crippen molar-refractivity contribution in [1.82, 2.24) is 0 Å². The molecule has 0 aliphatic rings. The second kappa shape index (κ2) is 5.65. The molecule has 1 atom stereocenters. The number of furan rings is 1. The minimum Gasteiger partial charge on any atom is -0.461 e. The highest BCUT2D eigenvalue weighted by Gasteiger charge is 2.27. The van der Waals surface area contributed by atoms with Crippen molar-refractivity contribution in [2.24, 2.45) is 0 Å². The van der Waals surface area contributed by atoms with E-state index in [2.05, 4.69) is 0 Å². The summed E-state index contributed by atoms with van der Waals surface area (Å²) < 4.78 is 5.20. The summed E-state index contributed by atoms with van der Waals surface area (Å²) in [6.45, 7) is 0. The zero-order valence-corrected chi connectivity index (χ0v) is 10.7. The molecule has 1 aromatic heterocycles. The van der Waals surface area contributed by atoms with Gasteiger partial charge in [-0.05, 0) is 17.7 Å². The first-order valence-electron chi connectivity index (χ1n) is 6.10. The zero-order chi connectivity index (χ0) is 13.0. The fourth-order valence-electron chi connectivity index (χ4n) is 2.00. The van der Waals surface area contributed by atoms with Gasteiger partial charge in [-0.25, -0.2) is 0 Å². The van der Waals surface area contributed by atoms with E-state index < -0.39 is 0 Å². The van der Waals surface area contributed by atoms with Gasteiger partial charge in [0.05, 0.1) is 20.4 Å². The van der Waals surface area contributed by atoms with Gasteiger partial charge in [0.25, 0.3) is 5.78 Å². The van der Waals surface area contributed by atoms with Crippen molar-refractivity contribution in [1.29, 1.82) is 0 Å². The Labute approximate surface area is 107 Å². The Bertz CT molecular complexity index is 488. The number of likely N-dealkylation sites (N-methyl/N-ethyl adjacent to an activating group) is 1. The number of carbonyl (C=O) groups is 1. The fraction of sp³-hybridized carbons (Fsp3) is 0.267. The van der Waals surface area contributed by atoms with Crippen LogP contribution in [0, 0.1) is 0 Å². The number of ketones is 1. The van der Waals surface area contributed by atoms with Crippen LogP contribution in [0.25, 0.3) is 0 Å². The van der Waals surface area contributed by atoms with Crippen molar-refractivity contribution in [2.45, 2.75) is 12.5 Å². The molecule has 2 aromatic rings. The third-order valence-electron chi connectivity index (χ3n) is 3.06. The van der Waals surface area contributed by atoms with Gasteiger partial charge in [0.2, 0.25) is 0 Å². The number of carbonyl (C=O) groups excluding carboxylic acids is 1. The Morgan fingerprint density at radius 1 is 1.17 bits per heavy atom. The van der Waals surface area contributed by atoms with E-state index in [0.717, 1.165) is 11.3 Å². The summed E-state index contributed by atoms with van der Waals surface area (Å²) in [5, 5.41) is 0. The molecule has 0 radical (unpaired) electrons. The van der Waals surface area contributed by atoms with E-state index in [-0.39, 0.29) is 11.8 Å². The third kappa shape index (κ3) is 2.87. The van der Waals surface area contributed by atoms with Crippen LogP contribution in [0.15, 0.2) is 53.1 Å². The Kier molecular flexibility index (Phi) is 3.95. The smallest absolute Gasteiger partial charge is 0.255 e. The summed E-state index contributed by atoms with van der Waals surface area (Å²) in [6, 6.07) is 13.4. The molecule has 0 fully saturated rings. The normalized spacial score (nSPS) is 12.6. The van der Waals surface area contributed by atoms with Crippen molar-refractivity contribution in [3.63, 3.8) is 0 Å². The number of quaternary nitrogens is 1. The largest absolute Gasteiger partial charge is 0.461 e. The summed E-state index contributed by atoms with van der Waals surface area (Å²) in [4.78, 5) is 13.4. The van der Waals surface area contributed by atoms with Gasteiger partial charge in [0.1, 0.15) is 0 Å². The lowest BCUT2D eigenvalue weighted by Gasteiger charge is -2.19. The number of benzene rings is 1. The highest BCUT2D eigenvalue weighted by molar-refractivity contribution is 5.96. The second-order valence-electron chi connectivity index (χ2n) is 4.66. The van der Waals surface area contributed by atoms with Gasteiger partial charge in [0.15, 0.2) is 11.8 Å². The van der Waals surface area contributed by atoms with Crippen molar-refractivity contribution in [2.75, 3.05) is 14.1 Å². The first-order valence-corrected chi connectivity index (χ1v) is 6.10. The third-order valence-corrected chi connectivity index (χ3v) is 3.06. The maximum atomic E-state index is 12.3. The lowest BCUT2D eigenvalue weighted by Crippen LogP contribution is -3.11. The maximum absolute atomic E-state index is 12.3. The van der Waals surface area contributed by atoms with Crippen LogP contribution in [-0.4, -0.2) is 25.9 Å². The molecule has 1 N–H and O–H groups in total. The molecular weight excluding hydrogens is 226 g/mol. The summed E-state index contributed by atoms with van der Waals surface area (Å²) in [5.74, 6) is 0.501. The van der Waals surface area contributed by atoms with E-state index in [1.165, 1.54) is 11.8 Å². The molecule has 18 heavy (non-hydrogen) atoms. The van der Waals surface area contributed by atoms with Gasteiger partial charge < -0.3 is 9.32 Å². The first-order chi connectivity index (χ1) is 8.68. The summed E-state index contributed by atoms with van der Waals surface area (Å²) in [7, 11) is 3.99. The van der Waals surface area contributed by atoms with E-state index in [4.69, 9.17) is 4.42 Å². The minimum absolute atomic E-state index is 0.0591. The molecular formula is C15H18NO2+. The minimum atomic E-state index is -0.112. The Hall–Kier alpha value is -1.87. The number of rotatable bonds is 5. The van der Waals surface area contributed by atoms with E-state index in [1.807, 2.05) is 44.4 Å². The molecule has 0 unspecified atom stereocenters. The average Bonchev–Trinajstić information content (AvgIpc) is 2.90. The molecule has 0 aliphatic carbocycles. The lowest BCUT2D eigenvalue weighted by molar-refractivity contribution is -0.874. The molecule has 1 heterocycles. The second-order valence-corrected chi connectivity index (χ2v) is 4.66. The maximum Gasteiger partial charge on any atom is 0.255 e. The van der Waals surface area contributed by atoms with Gasteiger partial charge in [-0.3, -0.25) is 4.79 Å². The standard InChI is InChI=1S/C15H17NO2/c1-16(2)13(11-12-7-4-3-5-8-12)15(17)14-9-6-10-18-14/h3-10,13H,11H2,1-2H3/p+1/t13-/m1/s1. The van der Waals surface area contributed by atoms with Crippen molar-refractivity contribution >= 4 is 5.78 Å². The lowest BCUT2D eigenvalue weighted by atomic mass is 10.0. The van der Waals surface area contributed by atoms with Crippen molar-refractivity contribution < 1.29 is 14.1 Å². The van der Waals surface area contributed by atoms with Gasteiger partial charge in [0, 0.05) is 6.42 Å². The van der Waals surface area contributed by atoms with Crippen LogP contribution in [-0.2, 0) is 6.42 Å². The quantitative estimate of drug-likeness (QED) is 0.803. The van der Waals surface area contributed by atoms with Crippen LogP contribution >= 0.6 is 0 Å². The van der Waals surface area contributed by atoms with Crippen LogP contribution in [0.1, 0.15) is 16.1 Å². The number of nitrogens with one attached hydrogen (secondary N) is 1. The molecule has 0 saturated carbocycles. The van der Waals surface area contributed by atoms with Crippen LogP contribution in [0.4, 0.5) is 0 Å². The highest BCUT2D eigenvalue weighted by atomic mass is 16.3. The van der Waals surface area contributed by atoms with Gasteiger partial charge in [-0.15, -0.1) is 0 Å². The molecule has 0 aliphatic heterocycles. The van der Waals surface area contributed by atoms with Gasteiger partial charge in [-0.2, -0.15) is 0 Å². The topological polar surface area (TPSA) is 34.7 Å². The first kappa shape index (κ1) is 12.6. The number of hydrogen-bond acceptors (Lipinski definition) is 2. The number of hydrogen-bond donors (Lipinski definition) is 1. The molecule has 0 saturated heterocycles. The average molecular weight is 244 g/mol. The zero-order valence-electron chi connectivity index (χ0n) is 10.7. The van der Waals surface area contributed by atoms with Crippen LogP contribution in [0.3, 0.4) is 0 Å².